The highest BCUT2D eigenvalue weighted by molar-refractivity contribution is 6.03. The summed E-state index contributed by atoms with van der Waals surface area (Å²) in [6.07, 6.45) is 4.15. The Kier molecular flexibility index (Phi) is 3.72. The normalized spacial score (nSPS) is 32.6. The second-order valence-corrected chi connectivity index (χ2v) is 7.29. The number of ether oxygens (including phenoxy) is 2. The largest absolute Gasteiger partial charge is 0.463 e. The van der Waals surface area contributed by atoms with E-state index >= 15 is 0 Å². The fourth-order valence-electron chi connectivity index (χ4n) is 4.36. The first-order valence-corrected chi connectivity index (χ1v) is 8.94. The SMILES string of the molecule is CCc1ccccc1N1CC23C=CC(O2)C(C(=O)OC(C)C)C3C1=O. The second kappa shape index (κ2) is 5.70. The molecule has 0 radical (unpaired) electrons. The zero-order valence-corrected chi connectivity index (χ0v) is 14.8. The van der Waals surface area contributed by atoms with Crippen LogP contribution in [0.1, 0.15) is 26.3 Å². The number of rotatable bonds is 4. The predicted octanol–water partition coefficient (Wildman–Crippen LogP) is 2.49. The molecule has 3 aliphatic heterocycles. The minimum atomic E-state index is -0.705. The number of aryl methyl sites for hydroxylation is 1. The molecule has 1 spiro atoms. The van der Waals surface area contributed by atoms with Crippen LogP contribution in [0.5, 0.6) is 0 Å². The summed E-state index contributed by atoms with van der Waals surface area (Å²) in [5.41, 5.74) is 1.32. The zero-order chi connectivity index (χ0) is 17.8. The summed E-state index contributed by atoms with van der Waals surface area (Å²) in [5, 5.41) is 0. The maximum atomic E-state index is 13.2. The second-order valence-electron chi connectivity index (χ2n) is 7.29. The summed E-state index contributed by atoms with van der Waals surface area (Å²) < 4.78 is 11.5. The van der Waals surface area contributed by atoms with Gasteiger partial charge in [0.25, 0.3) is 0 Å². The number of amides is 1. The Morgan fingerprint density at radius 3 is 2.88 bits per heavy atom. The summed E-state index contributed by atoms with van der Waals surface area (Å²) in [5.74, 6) is -1.44. The molecule has 3 aliphatic rings. The van der Waals surface area contributed by atoms with Crippen LogP contribution in [-0.4, -0.2) is 36.2 Å². The molecule has 4 unspecified atom stereocenters. The van der Waals surface area contributed by atoms with Gasteiger partial charge in [0.1, 0.15) is 11.5 Å². The third-order valence-electron chi connectivity index (χ3n) is 5.39. The van der Waals surface area contributed by atoms with Gasteiger partial charge in [-0.2, -0.15) is 0 Å². The van der Waals surface area contributed by atoms with Gasteiger partial charge >= 0.3 is 5.97 Å². The van der Waals surface area contributed by atoms with Crippen molar-refractivity contribution in [1.29, 1.82) is 0 Å². The summed E-state index contributed by atoms with van der Waals surface area (Å²) in [6, 6.07) is 7.91. The molecule has 5 heteroatoms. The number of benzene rings is 1. The van der Waals surface area contributed by atoms with Gasteiger partial charge in [-0.3, -0.25) is 9.59 Å². The lowest BCUT2D eigenvalue weighted by molar-refractivity contribution is -0.156. The number of carbonyl (C=O) groups is 2. The first kappa shape index (κ1) is 16.3. The molecule has 0 aromatic heterocycles. The minimum Gasteiger partial charge on any atom is -0.463 e. The van der Waals surface area contributed by atoms with E-state index in [-0.39, 0.29) is 24.1 Å². The Morgan fingerprint density at radius 2 is 2.16 bits per heavy atom. The van der Waals surface area contributed by atoms with E-state index in [4.69, 9.17) is 9.47 Å². The maximum Gasteiger partial charge on any atom is 0.313 e. The van der Waals surface area contributed by atoms with Crippen molar-refractivity contribution in [2.24, 2.45) is 11.8 Å². The monoisotopic (exact) mass is 341 g/mol. The van der Waals surface area contributed by atoms with Crippen LogP contribution in [0, 0.1) is 11.8 Å². The highest BCUT2D eigenvalue weighted by atomic mass is 16.6. The molecule has 0 N–H and O–H groups in total. The fourth-order valence-corrected chi connectivity index (χ4v) is 4.36. The van der Waals surface area contributed by atoms with Gasteiger partial charge in [-0.15, -0.1) is 0 Å². The first-order valence-electron chi connectivity index (χ1n) is 8.94. The highest BCUT2D eigenvalue weighted by Crippen LogP contribution is 2.53. The van der Waals surface area contributed by atoms with Crippen molar-refractivity contribution in [3.8, 4) is 0 Å². The van der Waals surface area contributed by atoms with Crippen molar-refractivity contribution in [1.82, 2.24) is 0 Å². The molecule has 0 saturated carbocycles. The maximum absolute atomic E-state index is 13.2. The van der Waals surface area contributed by atoms with Gasteiger partial charge in [0.2, 0.25) is 5.91 Å². The van der Waals surface area contributed by atoms with Crippen LogP contribution in [-0.2, 0) is 25.5 Å². The van der Waals surface area contributed by atoms with Crippen molar-refractivity contribution in [3.05, 3.63) is 42.0 Å². The third-order valence-corrected chi connectivity index (χ3v) is 5.39. The lowest BCUT2D eigenvalue weighted by atomic mass is 9.77. The van der Waals surface area contributed by atoms with Crippen molar-refractivity contribution in [3.63, 3.8) is 0 Å². The number of para-hydroxylation sites is 1. The van der Waals surface area contributed by atoms with Crippen molar-refractivity contribution in [2.45, 2.75) is 45.0 Å². The van der Waals surface area contributed by atoms with E-state index in [1.165, 1.54) is 0 Å². The van der Waals surface area contributed by atoms with Crippen LogP contribution in [0.2, 0.25) is 0 Å². The lowest BCUT2D eigenvalue weighted by Gasteiger charge is -2.24. The molecule has 5 nitrogen and oxygen atoms in total. The molecule has 2 fully saturated rings. The smallest absolute Gasteiger partial charge is 0.313 e. The summed E-state index contributed by atoms with van der Waals surface area (Å²) in [4.78, 5) is 27.6. The van der Waals surface area contributed by atoms with E-state index in [2.05, 4.69) is 6.92 Å². The predicted molar refractivity (Wildman–Crippen MR) is 93.1 cm³/mol. The fraction of sp³-hybridized carbons (Fsp3) is 0.500. The molecule has 1 aromatic carbocycles. The Bertz CT molecular complexity index is 756. The first-order chi connectivity index (χ1) is 12.0. The molecule has 2 saturated heterocycles. The Labute approximate surface area is 147 Å². The van der Waals surface area contributed by atoms with E-state index in [0.29, 0.717) is 6.54 Å². The Balaban J connectivity index is 1.69. The third kappa shape index (κ3) is 2.33. The van der Waals surface area contributed by atoms with Gasteiger partial charge in [-0.25, -0.2) is 0 Å². The molecule has 0 aliphatic carbocycles. The average Bonchev–Trinajstić information content (AvgIpc) is 3.22. The van der Waals surface area contributed by atoms with Gasteiger partial charge in [-0.1, -0.05) is 37.3 Å². The van der Waals surface area contributed by atoms with Gasteiger partial charge < -0.3 is 14.4 Å². The lowest BCUT2D eigenvalue weighted by Crippen LogP contribution is -2.40. The number of hydrogen-bond donors (Lipinski definition) is 0. The average molecular weight is 341 g/mol. The van der Waals surface area contributed by atoms with Crippen LogP contribution in [0.25, 0.3) is 0 Å². The van der Waals surface area contributed by atoms with Crippen molar-refractivity contribution < 1.29 is 19.1 Å². The molecular weight excluding hydrogens is 318 g/mol. The molecule has 4 atom stereocenters. The van der Waals surface area contributed by atoms with Crippen LogP contribution in [0.3, 0.4) is 0 Å². The topological polar surface area (TPSA) is 55.8 Å². The molecule has 2 bridgehead atoms. The zero-order valence-electron chi connectivity index (χ0n) is 14.8. The van der Waals surface area contributed by atoms with Crippen LogP contribution >= 0.6 is 0 Å². The number of carbonyl (C=O) groups excluding carboxylic acids is 2. The summed E-state index contributed by atoms with van der Waals surface area (Å²) >= 11 is 0. The number of anilines is 1. The highest BCUT2D eigenvalue weighted by Gasteiger charge is 2.67. The van der Waals surface area contributed by atoms with Crippen molar-refractivity contribution in [2.75, 3.05) is 11.4 Å². The molecule has 3 heterocycles. The van der Waals surface area contributed by atoms with Gasteiger partial charge in [0.05, 0.1) is 24.7 Å². The molecular formula is C20H23NO4. The van der Waals surface area contributed by atoms with E-state index in [9.17, 15) is 9.59 Å². The van der Waals surface area contributed by atoms with E-state index < -0.39 is 17.4 Å². The minimum absolute atomic E-state index is 0.0431. The molecule has 132 valence electrons. The summed E-state index contributed by atoms with van der Waals surface area (Å²) in [7, 11) is 0. The quantitative estimate of drug-likeness (QED) is 0.624. The molecule has 25 heavy (non-hydrogen) atoms. The van der Waals surface area contributed by atoms with Gasteiger partial charge in [0, 0.05) is 5.69 Å². The number of esters is 1. The van der Waals surface area contributed by atoms with Gasteiger partial charge in [0.15, 0.2) is 0 Å². The van der Waals surface area contributed by atoms with Crippen LogP contribution in [0.4, 0.5) is 5.69 Å². The Hall–Kier alpha value is -2.14. The molecule has 1 amide bonds. The summed E-state index contributed by atoms with van der Waals surface area (Å²) in [6.45, 7) is 6.16. The van der Waals surface area contributed by atoms with Crippen molar-refractivity contribution >= 4 is 17.6 Å². The van der Waals surface area contributed by atoms with E-state index in [0.717, 1.165) is 17.7 Å². The van der Waals surface area contributed by atoms with E-state index in [1.807, 2.05) is 50.3 Å². The van der Waals surface area contributed by atoms with Gasteiger partial charge in [-0.05, 0) is 31.9 Å². The molecule has 1 aromatic rings. The number of hydrogen-bond acceptors (Lipinski definition) is 4. The standard InChI is InChI=1S/C20H23NO4/c1-4-13-7-5-6-8-14(13)21-11-20-10-9-15(25-20)16(17(20)18(21)22)19(23)24-12(2)3/h5-10,12,15-17H,4,11H2,1-3H3. The van der Waals surface area contributed by atoms with Crippen LogP contribution in [0.15, 0.2) is 36.4 Å². The van der Waals surface area contributed by atoms with Crippen LogP contribution < -0.4 is 4.90 Å². The number of fused-ring (bicyclic) bond motifs is 1. The molecule has 4 rings (SSSR count). The van der Waals surface area contributed by atoms with E-state index in [1.54, 1.807) is 4.90 Å². The number of nitrogens with zero attached hydrogens (tertiary/aromatic N) is 1. The Morgan fingerprint density at radius 1 is 1.40 bits per heavy atom.